The summed E-state index contributed by atoms with van der Waals surface area (Å²) in [6.45, 7) is -0.145. The van der Waals surface area contributed by atoms with Crippen LogP contribution in [0.25, 0.3) is 0 Å². The Balaban J connectivity index is 1.44. The van der Waals surface area contributed by atoms with E-state index in [2.05, 4.69) is 10.6 Å². The molecule has 0 heterocycles. The van der Waals surface area contributed by atoms with Crippen molar-refractivity contribution in [1.29, 1.82) is 0 Å². The zero-order valence-corrected chi connectivity index (χ0v) is 13.9. The third-order valence-electron chi connectivity index (χ3n) is 4.57. The number of carbonyl (C=O) groups is 3. The van der Waals surface area contributed by atoms with Gasteiger partial charge in [0.15, 0.2) is 6.61 Å². The van der Waals surface area contributed by atoms with Crippen molar-refractivity contribution in [3.63, 3.8) is 0 Å². The third-order valence-corrected chi connectivity index (χ3v) is 4.57. The molecule has 2 fully saturated rings. The summed E-state index contributed by atoms with van der Waals surface area (Å²) in [6, 6.07) is 6.82. The minimum Gasteiger partial charge on any atom is -0.484 e. The maximum absolute atomic E-state index is 12.0. The number of anilines is 1. The summed E-state index contributed by atoms with van der Waals surface area (Å²) < 4.78 is 5.47. The zero-order chi connectivity index (χ0) is 17.8. The van der Waals surface area contributed by atoms with Gasteiger partial charge in [-0.1, -0.05) is 6.07 Å². The fraction of sp³-hybridized carbons (Fsp3) is 0.500. The minimum absolute atomic E-state index is 0.0177. The van der Waals surface area contributed by atoms with Crippen LogP contribution >= 0.6 is 0 Å². The van der Waals surface area contributed by atoms with Gasteiger partial charge in [-0.3, -0.25) is 14.4 Å². The number of carboxylic acids is 1. The average Bonchev–Trinajstić information content (AvgIpc) is 3.33. The minimum atomic E-state index is -0.807. The molecule has 7 nitrogen and oxygen atoms in total. The lowest BCUT2D eigenvalue weighted by molar-refractivity contribution is -0.141. The first-order chi connectivity index (χ1) is 12.0. The molecule has 2 amide bonds. The highest BCUT2D eigenvalue weighted by Crippen LogP contribution is 2.30. The highest BCUT2D eigenvalue weighted by molar-refractivity contribution is 5.94. The standard InChI is InChI=1S/C18H22N2O5/c21-16(19-14-7-6-12(8-14)18(23)24)10-25-15-3-1-2-13(9-15)20-17(22)11-4-5-11/h1-3,9,11-12,14H,4-8,10H2,(H,19,21)(H,20,22)(H,23,24)/t12-,14+/m1/s1. The monoisotopic (exact) mass is 346 g/mol. The smallest absolute Gasteiger partial charge is 0.306 e. The van der Waals surface area contributed by atoms with Gasteiger partial charge < -0.3 is 20.5 Å². The van der Waals surface area contributed by atoms with E-state index in [-0.39, 0.29) is 36.3 Å². The van der Waals surface area contributed by atoms with Gasteiger partial charge in [-0.25, -0.2) is 0 Å². The van der Waals surface area contributed by atoms with Crippen LogP contribution in [0.5, 0.6) is 5.75 Å². The number of carbonyl (C=O) groups excluding carboxylic acids is 2. The molecular weight excluding hydrogens is 324 g/mol. The normalized spacial score (nSPS) is 22.2. The van der Waals surface area contributed by atoms with Crippen LogP contribution in [0.3, 0.4) is 0 Å². The van der Waals surface area contributed by atoms with Crippen LogP contribution in [0.2, 0.25) is 0 Å². The number of benzene rings is 1. The van der Waals surface area contributed by atoms with Gasteiger partial charge in [0.1, 0.15) is 5.75 Å². The summed E-state index contributed by atoms with van der Waals surface area (Å²) in [5, 5.41) is 14.6. The van der Waals surface area contributed by atoms with Crippen LogP contribution in [0.15, 0.2) is 24.3 Å². The van der Waals surface area contributed by atoms with Gasteiger partial charge in [0.25, 0.3) is 5.91 Å². The van der Waals surface area contributed by atoms with Crippen LogP contribution in [0, 0.1) is 11.8 Å². The van der Waals surface area contributed by atoms with Crippen molar-refractivity contribution in [2.75, 3.05) is 11.9 Å². The van der Waals surface area contributed by atoms with E-state index in [1.807, 2.05) is 0 Å². The zero-order valence-electron chi connectivity index (χ0n) is 13.9. The topological polar surface area (TPSA) is 105 Å². The summed E-state index contributed by atoms with van der Waals surface area (Å²) in [5.74, 6) is -0.821. The molecule has 2 atom stereocenters. The van der Waals surface area contributed by atoms with E-state index in [1.165, 1.54) is 0 Å². The quantitative estimate of drug-likeness (QED) is 0.698. The van der Waals surface area contributed by atoms with Crippen molar-refractivity contribution in [3.05, 3.63) is 24.3 Å². The van der Waals surface area contributed by atoms with E-state index < -0.39 is 5.97 Å². The number of ether oxygens (including phenoxy) is 1. The second-order valence-corrected chi connectivity index (χ2v) is 6.69. The van der Waals surface area contributed by atoms with Gasteiger partial charge in [-0.05, 0) is 44.2 Å². The molecule has 1 aromatic carbocycles. The number of amides is 2. The molecule has 0 bridgehead atoms. The Morgan fingerprint density at radius 2 is 1.88 bits per heavy atom. The number of nitrogens with one attached hydrogen (secondary N) is 2. The van der Waals surface area contributed by atoms with E-state index in [4.69, 9.17) is 9.84 Å². The van der Waals surface area contributed by atoms with Crippen molar-refractivity contribution in [1.82, 2.24) is 5.32 Å². The Labute approximate surface area is 145 Å². The van der Waals surface area contributed by atoms with Crippen molar-refractivity contribution in [2.45, 2.75) is 38.1 Å². The van der Waals surface area contributed by atoms with Crippen LogP contribution in [0.1, 0.15) is 32.1 Å². The van der Waals surface area contributed by atoms with Gasteiger partial charge in [-0.15, -0.1) is 0 Å². The maximum Gasteiger partial charge on any atom is 0.306 e. The summed E-state index contributed by atoms with van der Waals surface area (Å²) in [4.78, 5) is 34.6. The number of carboxylic acid groups (broad SMARTS) is 1. The Morgan fingerprint density at radius 1 is 1.12 bits per heavy atom. The first-order valence-electron chi connectivity index (χ1n) is 8.57. The molecule has 1 aromatic rings. The molecule has 25 heavy (non-hydrogen) atoms. The SMILES string of the molecule is O=C(COc1cccc(NC(=O)C2CC2)c1)N[C@H]1CC[C@@H](C(=O)O)C1. The average molecular weight is 346 g/mol. The van der Waals surface area contributed by atoms with E-state index in [1.54, 1.807) is 24.3 Å². The molecule has 7 heteroatoms. The molecule has 3 N–H and O–H groups in total. The molecule has 0 spiro atoms. The molecule has 0 aromatic heterocycles. The number of aliphatic carboxylic acids is 1. The number of hydrogen-bond acceptors (Lipinski definition) is 4. The van der Waals surface area contributed by atoms with Gasteiger partial charge >= 0.3 is 5.97 Å². The molecule has 0 saturated heterocycles. The van der Waals surface area contributed by atoms with E-state index in [0.717, 1.165) is 12.8 Å². The summed E-state index contributed by atoms with van der Waals surface area (Å²) in [6.07, 6.45) is 3.59. The van der Waals surface area contributed by atoms with Crippen LogP contribution in [0.4, 0.5) is 5.69 Å². The number of rotatable bonds is 7. The largest absolute Gasteiger partial charge is 0.484 e. The van der Waals surface area contributed by atoms with Crippen LogP contribution in [-0.2, 0) is 14.4 Å². The molecule has 3 rings (SSSR count). The first-order valence-corrected chi connectivity index (χ1v) is 8.57. The lowest BCUT2D eigenvalue weighted by Gasteiger charge is -2.13. The van der Waals surface area contributed by atoms with Gasteiger partial charge in [-0.2, -0.15) is 0 Å². The Hall–Kier alpha value is -2.57. The van der Waals surface area contributed by atoms with Gasteiger partial charge in [0.2, 0.25) is 5.91 Å². The number of hydrogen-bond donors (Lipinski definition) is 3. The molecule has 0 radical (unpaired) electrons. The second kappa shape index (κ2) is 7.55. The third kappa shape index (κ3) is 4.95. The van der Waals surface area contributed by atoms with E-state index >= 15 is 0 Å². The molecule has 2 aliphatic rings. The highest BCUT2D eigenvalue weighted by Gasteiger charge is 2.31. The van der Waals surface area contributed by atoms with Crippen molar-refractivity contribution < 1.29 is 24.2 Å². The lowest BCUT2D eigenvalue weighted by Crippen LogP contribution is -2.36. The fourth-order valence-corrected chi connectivity index (χ4v) is 3.01. The van der Waals surface area contributed by atoms with Crippen molar-refractivity contribution >= 4 is 23.5 Å². The predicted octanol–water partition coefficient (Wildman–Crippen LogP) is 1.78. The van der Waals surface area contributed by atoms with Crippen LogP contribution < -0.4 is 15.4 Å². The van der Waals surface area contributed by atoms with Gasteiger partial charge in [0, 0.05) is 23.7 Å². The molecule has 2 saturated carbocycles. The Bertz CT molecular complexity index is 671. The second-order valence-electron chi connectivity index (χ2n) is 6.69. The summed E-state index contributed by atoms with van der Waals surface area (Å²) >= 11 is 0. The van der Waals surface area contributed by atoms with Crippen LogP contribution in [-0.4, -0.2) is 35.5 Å². The Morgan fingerprint density at radius 3 is 2.56 bits per heavy atom. The van der Waals surface area contributed by atoms with E-state index in [9.17, 15) is 14.4 Å². The molecule has 0 unspecified atom stereocenters. The maximum atomic E-state index is 12.0. The Kier molecular flexibility index (Phi) is 5.21. The van der Waals surface area contributed by atoms with E-state index in [0.29, 0.717) is 30.7 Å². The summed E-state index contributed by atoms with van der Waals surface area (Å²) in [5.41, 5.74) is 0.648. The van der Waals surface area contributed by atoms with Crippen molar-refractivity contribution in [3.8, 4) is 5.75 Å². The lowest BCUT2D eigenvalue weighted by atomic mass is 10.1. The highest BCUT2D eigenvalue weighted by atomic mass is 16.5. The molecular formula is C18H22N2O5. The van der Waals surface area contributed by atoms with Gasteiger partial charge in [0.05, 0.1) is 5.92 Å². The first kappa shape index (κ1) is 17.3. The molecule has 2 aliphatic carbocycles. The molecule has 134 valence electrons. The molecule has 0 aliphatic heterocycles. The predicted molar refractivity (Wildman–Crippen MR) is 90.2 cm³/mol. The fourth-order valence-electron chi connectivity index (χ4n) is 3.01. The van der Waals surface area contributed by atoms with Crippen molar-refractivity contribution in [2.24, 2.45) is 11.8 Å². The summed E-state index contributed by atoms with van der Waals surface area (Å²) in [7, 11) is 0.